The predicted molar refractivity (Wildman–Crippen MR) is 79.8 cm³/mol. The lowest BCUT2D eigenvalue weighted by Gasteiger charge is -2.06. The Balaban J connectivity index is 2.50. The molecule has 0 atom stereocenters. The predicted octanol–water partition coefficient (Wildman–Crippen LogP) is 4.48. The minimum atomic E-state index is -0.534. The molecule has 1 aromatic rings. The highest BCUT2D eigenvalue weighted by molar-refractivity contribution is 9.10. The summed E-state index contributed by atoms with van der Waals surface area (Å²) in [5, 5.41) is 10.7. The van der Waals surface area contributed by atoms with E-state index in [9.17, 15) is 14.9 Å². The van der Waals surface area contributed by atoms with Crippen molar-refractivity contribution in [3.05, 3.63) is 38.3 Å². The van der Waals surface area contributed by atoms with Crippen LogP contribution in [0.25, 0.3) is 0 Å². The van der Waals surface area contributed by atoms with Crippen molar-refractivity contribution in [1.29, 1.82) is 0 Å². The lowest BCUT2D eigenvalue weighted by atomic mass is 10.2. The second-order valence-corrected chi connectivity index (χ2v) is 5.33. The van der Waals surface area contributed by atoms with Gasteiger partial charge >= 0.3 is 5.97 Å². The van der Waals surface area contributed by atoms with Gasteiger partial charge in [-0.2, -0.15) is 0 Å². The first-order valence-electron chi connectivity index (χ1n) is 6.67. The average molecular weight is 344 g/mol. The number of hydrogen-bond acceptors (Lipinski definition) is 4. The standard InChI is InChI=1S/C14H18BrNO4/c1-2-3-4-5-6-9-20-14(17)12-10-11(16(18)19)7-8-13(12)15/h7-8,10H,2-6,9H2,1H3. The van der Waals surface area contributed by atoms with Crippen molar-refractivity contribution in [3.63, 3.8) is 0 Å². The first-order valence-corrected chi connectivity index (χ1v) is 7.46. The number of halogens is 1. The van der Waals surface area contributed by atoms with Gasteiger partial charge in [-0.1, -0.05) is 32.6 Å². The number of carbonyl (C=O) groups is 1. The summed E-state index contributed by atoms with van der Waals surface area (Å²) >= 11 is 3.20. The molecule has 0 fully saturated rings. The number of ether oxygens (including phenoxy) is 1. The number of benzene rings is 1. The zero-order valence-corrected chi connectivity index (χ0v) is 13.0. The number of non-ortho nitro benzene ring substituents is 1. The summed E-state index contributed by atoms with van der Waals surface area (Å²) in [5.41, 5.74) is 0.0656. The van der Waals surface area contributed by atoms with E-state index >= 15 is 0 Å². The quantitative estimate of drug-likeness (QED) is 0.302. The molecule has 1 rings (SSSR count). The number of nitro benzene ring substituents is 1. The number of nitro groups is 1. The molecular formula is C14H18BrNO4. The summed E-state index contributed by atoms with van der Waals surface area (Å²) in [5.74, 6) is -0.531. The van der Waals surface area contributed by atoms with Crippen molar-refractivity contribution in [2.45, 2.75) is 39.0 Å². The molecule has 0 aromatic heterocycles. The first kappa shape index (κ1) is 16.6. The van der Waals surface area contributed by atoms with Gasteiger partial charge in [0.15, 0.2) is 0 Å². The van der Waals surface area contributed by atoms with Gasteiger partial charge in [0.1, 0.15) is 0 Å². The third-order valence-electron chi connectivity index (χ3n) is 2.86. The Morgan fingerprint density at radius 2 is 2.00 bits per heavy atom. The molecule has 0 unspecified atom stereocenters. The Morgan fingerprint density at radius 3 is 2.65 bits per heavy atom. The molecular weight excluding hydrogens is 326 g/mol. The van der Waals surface area contributed by atoms with Crippen LogP contribution in [-0.2, 0) is 4.74 Å². The molecule has 6 heteroatoms. The van der Waals surface area contributed by atoms with E-state index < -0.39 is 10.9 Å². The molecule has 0 spiro atoms. The Morgan fingerprint density at radius 1 is 1.30 bits per heavy atom. The first-order chi connectivity index (χ1) is 9.56. The van der Waals surface area contributed by atoms with Crippen molar-refractivity contribution in [1.82, 2.24) is 0 Å². The van der Waals surface area contributed by atoms with Crippen LogP contribution in [0.3, 0.4) is 0 Å². The third kappa shape index (κ3) is 5.28. The van der Waals surface area contributed by atoms with Crippen molar-refractivity contribution >= 4 is 27.6 Å². The van der Waals surface area contributed by atoms with E-state index in [-0.39, 0.29) is 11.3 Å². The van der Waals surface area contributed by atoms with Gasteiger partial charge in [0.05, 0.1) is 17.1 Å². The van der Waals surface area contributed by atoms with E-state index in [4.69, 9.17) is 4.74 Å². The van der Waals surface area contributed by atoms with E-state index in [2.05, 4.69) is 22.9 Å². The van der Waals surface area contributed by atoms with E-state index in [0.29, 0.717) is 11.1 Å². The minimum absolute atomic E-state index is 0.122. The van der Waals surface area contributed by atoms with Crippen LogP contribution in [0.5, 0.6) is 0 Å². The third-order valence-corrected chi connectivity index (χ3v) is 3.55. The largest absolute Gasteiger partial charge is 0.462 e. The fraction of sp³-hybridized carbons (Fsp3) is 0.500. The maximum absolute atomic E-state index is 11.9. The number of esters is 1. The zero-order chi connectivity index (χ0) is 15.0. The van der Waals surface area contributed by atoms with Crippen LogP contribution < -0.4 is 0 Å². The van der Waals surface area contributed by atoms with Crippen molar-refractivity contribution in [2.75, 3.05) is 6.61 Å². The fourth-order valence-corrected chi connectivity index (χ4v) is 2.14. The van der Waals surface area contributed by atoms with Crippen molar-refractivity contribution < 1.29 is 14.5 Å². The highest BCUT2D eigenvalue weighted by atomic mass is 79.9. The Labute approximate surface area is 126 Å². The maximum atomic E-state index is 11.9. The normalized spacial score (nSPS) is 10.3. The Bertz CT molecular complexity index is 476. The molecule has 5 nitrogen and oxygen atoms in total. The molecule has 20 heavy (non-hydrogen) atoms. The van der Waals surface area contributed by atoms with Crippen LogP contribution in [0.2, 0.25) is 0 Å². The topological polar surface area (TPSA) is 69.4 Å². The van der Waals surface area contributed by atoms with Crippen LogP contribution in [0.4, 0.5) is 5.69 Å². The number of hydrogen-bond donors (Lipinski definition) is 0. The number of unbranched alkanes of at least 4 members (excludes halogenated alkanes) is 4. The summed E-state index contributed by atoms with van der Waals surface area (Å²) in [6.07, 6.45) is 5.33. The van der Waals surface area contributed by atoms with Gasteiger partial charge in [-0.25, -0.2) is 4.79 Å². The summed E-state index contributed by atoms with van der Waals surface area (Å²) in [6.45, 7) is 2.48. The van der Waals surface area contributed by atoms with Crippen molar-refractivity contribution in [3.8, 4) is 0 Å². The van der Waals surface area contributed by atoms with Crippen molar-refractivity contribution in [2.24, 2.45) is 0 Å². The highest BCUT2D eigenvalue weighted by Gasteiger charge is 2.16. The zero-order valence-electron chi connectivity index (χ0n) is 11.4. The molecule has 0 N–H and O–H groups in total. The lowest BCUT2D eigenvalue weighted by Crippen LogP contribution is -2.08. The van der Waals surface area contributed by atoms with Crippen LogP contribution in [-0.4, -0.2) is 17.5 Å². The summed E-state index contributed by atoms with van der Waals surface area (Å²) < 4.78 is 5.63. The second-order valence-electron chi connectivity index (χ2n) is 4.47. The van der Waals surface area contributed by atoms with Gasteiger partial charge in [-0.05, 0) is 28.4 Å². The second kappa shape index (κ2) is 8.68. The monoisotopic (exact) mass is 343 g/mol. The lowest BCUT2D eigenvalue weighted by molar-refractivity contribution is -0.384. The summed E-state index contributed by atoms with van der Waals surface area (Å²) in [6, 6.07) is 4.05. The smallest absolute Gasteiger partial charge is 0.339 e. The molecule has 0 radical (unpaired) electrons. The molecule has 110 valence electrons. The Hall–Kier alpha value is -1.43. The summed E-state index contributed by atoms with van der Waals surface area (Å²) in [7, 11) is 0. The maximum Gasteiger partial charge on any atom is 0.339 e. The molecule has 0 aliphatic rings. The SMILES string of the molecule is CCCCCCCOC(=O)c1cc([N+](=O)[O-])ccc1Br. The molecule has 0 bridgehead atoms. The molecule has 0 aliphatic carbocycles. The van der Waals surface area contributed by atoms with Gasteiger partial charge in [-0.3, -0.25) is 10.1 Å². The van der Waals surface area contributed by atoms with Crippen LogP contribution in [0, 0.1) is 10.1 Å². The number of nitrogens with zero attached hydrogens (tertiary/aromatic N) is 1. The molecule has 0 saturated carbocycles. The van der Waals surface area contributed by atoms with Crippen LogP contribution in [0.15, 0.2) is 22.7 Å². The minimum Gasteiger partial charge on any atom is -0.462 e. The fourth-order valence-electron chi connectivity index (χ4n) is 1.73. The molecule has 0 saturated heterocycles. The van der Waals surface area contributed by atoms with Gasteiger partial charge < -0.3 is 4.74 Å². The van der Waals surface area contributed by atoms with Gasteiger partial charge in [0.2, 0.25) is 0 Å². The highest BCUT2D eigenvalue weighted by Crippen LogP contribution is 2.23. The van der Waals surface area contributed by atoms with Gasteiger partial charge in [-0.15, -0.1) is 0 Å². The number of carbonyl (C=O) groups excluding carboxylic acids is 1. The molecule has 1 aromatic carbocycles. The Kier molecular flexibility index (Phi) is 7.22. The van der Waals surface area contributed by atoms with Gasteiger partial charge in [0, 0.05) is 16.6 Å². The van der Waals surface area contributed by atoms with E-state index in [0.717, 1.165) is 19.3 Å². The molecule has 0 heterocycles. The van der Waals surface area contributed by atoms with E-state index in [1.165, 1.54) is 31.0 Å². The molecule has 0 amide bonds. The number of rotatable bonds is 8. The average Bonchev–Trinajstić information content (AvgIpc) is 2.42. The summed E-state index contributed by atoms with van der Waals surface area (Å²) in [4.78, 5) is 22.0. The van der Waals surface area contributed by atoms with Crippen LogP contribution >= 0.6 is 15.9 Å². The van der Waals surface area contributed by atoms with Gasteiger partial charge in [0.25, 0.3) is 5.69 Å². The molecule has 0 aliphatic heterocycles. The van der Waals surface area contributed by atoms with E-state index in [1.807, 2.05) is 0 Å². The van der Waals surface area contributed by atoms with E-state index in [1.54, 1.807) is 0 Å². The van der Waals surface area contributed by atoms with Crippen LogP contribution in [0.1, 0.15) is 49.4 Å².